The first-order valence-corrected chi connectivity index (χ1v) is 7.81. The number of benzene rings is 1. The highest BCUT2D eigenvalue weighted by molar-refractivity contribution is 5.74. The first-order valence-electron chi connectivity index (χ1n) is 7.81. The van der Waals surface area contributed by atoms with Gasteiger partial charge in [-0.25, -0.2) is 0 Å². The second-order valence-electron chi connectivity index (χ2n) is 6.80. The monoisotopic (exact) mass is 282 g/mol. The Hall–Kier alpha value is -1.56. The van der Waals surface area contributed by atoms with Gasteiger partial charge in [-0.15, -0.1) is 0 Å². The van der Waals surface area contributed by atoms with Crippen LogP contribution in [-0.2, 0) is 5.41 Å². The summed E-state index contributed by atoms with van der Waals surface area (Å²) in [5.74, 6) is 0. The quantitative estimate of drug-likeness (QED) is 0.528. The van der Waals surface area contributed by atoms with Gasteiger partial charge in [-0.3, -0.25) is 0 Å². The summed E-state index contributed by atoms with van der Waals surface area (Å²) in [6, 6.07) is 8.80. The van der Waals surface area contributed by atoms with E-state index in [4.69, 9.17) is 0 Å². The molecule has 0 aliphatic rings. The number of rotatable bonds is 5. The highest BCUT2D eigenvalue weighted by Crippen LogP contribution is 2.29. The molecule has 0 spiro atoms. The van der Waals surface area contributed by atoms with Gasteiger partial charge in [0.2, 0.25) is 0 Å². The molecule has 0 atom stereocenters. The molecule has 114 valence electrons. The van der Waals surface area contributed by atoms with Gasteiger partial charge in [-0.2, -0.15) is 0 Å². The average Bonchev–Trinajstić information content (AvgIpc) is 2.46. The molecular formula is C21H30. The summed E-state index contributed by atoms with van der Waals surface area (Å²) in [5, 5.41) is 0. The van der Waals surface area contributed by atoms with Gasteiger partial charge in [-0.1, -0.05) is 63.3 Å². The van der Waals surface area contributed by atoms with E-state index >= 15 is 0 Å². The molecule has 0 aliphatic heterocycles. The van der Waals surface area contributed by atoms with E-state index in [1.54, 1.807) is 0 Å². The van der Waals surface area contributed by atoms with Crippen LogP contribution in [0.25, 0.3) is 5.57 Å². The first-order chi connectivity index (χ1) is 9.69. The molecule has 21 heavy (non-hydrogen) atoms. The van der Waals surface area contributed by atoms with Gasteiger partial charge in [0.05, 0.1) is 0 Å². The fourth-order valence-corrected chi connectivity index (χ4v) is 2.19. The van der Waals surface area contributed by atoms with Crippen molar-refractivity contribution in [2.75, 3.05) is 0 Å². The van der Waals surface area contributed by atoms with Crippen molar-refractivity contribution in [3.63, 3.8) is 0 Å². The second kappa shape index (κ2) is 6.93. The van der Waals surface area contributed by atoms with Crippen molar-refractivity contribution in [2.24, 2.45) is 0 Å². The molecule has 0 saturated carbocycles. The summed E-state index contributed by atoms with van der Waals surface area (Å²) >= 11 is 0. The van der Waals surface area contributed by atoms with Crippen molar-refractivity contribution in [2.45, 2.75) is 60.3 Å². The van der Waals surface area contributed by atoms with Gasteiger partial charge in [0, 0.05) is 0 Å². The van der Waals surface area contributed by atoms with Crippen molar-refractivity contribution >= 4 is 5.57 Å². The predicted octanol–water partition coefficient (Wildman–Crippen LogP) is 6.69. The van der Waals surface area contributed by atoms with E-state index in [0.717, 1.165) is 12.0 Å². The normalized spacial score (nSPS) is 12.2. The first kappa shape index (κ1) is 17.5. The second-order valence-corrected chi connectivity index (χ2v) is 6.80. The minimum absolute atomic E-state index is 0.213. The van der Waals surface area contributed by atoms with Gasteiger partial charge in [0.1, 0.15) is 0 Å². The molecule has 0 aliphatic carbocycles. The van der Waals surface area contributed by atoms with Crippen LogP contribution in [0.1, 0.15) is 66.0 Å². The van der Waals surface area contributed by atoms with E-state index in [0.29, 0.717) is 0 Å². The fraction of sp³-hybridized carbons (Fsp3) is 0.429. The summed E-state index contributed by atoms with van der Waals surface area (Å²) in [5.41, 5.74) is 7.90. The van der Waals surface area contributed by atoms with Crippen molar-refractivity contribution in [3.8, 4) is 0 Å². The number of allylic oxidation sites excluding steroid dienone is 5. The Kier molecular flexibility index (Phi) is 5.78. The van der Waals surface area contributed by atoms with Crippen molar-refractivity contribution in [3.05, 3.63) is 64.8 Å². The third-order valence-corrected chi connectivity index (χ3v) is 4.63. The summed E-state index contributed by atoms with van der Waals surface area (Å²) < 4.78 is 0. The number of hydrogen-bond acceptors (Lipinski definition) is 0. The highest BCUT2D eigenvalue weighted by Gasteiger charge is 2.18. The lowest BCUT2D eigenvalue weighted by Gasteiger charge is -2.24. The maximum absolute atomic E-state index is 4.26. The minimum atomic E-state index is 0.213. The molecule has 1 aromatic carbocycles. The van der Waals surface area contributed by atoms with Crippen LogP contribution < -0.4 is 0 Å². The van der Waals surface area contributed by atoms with E-state index in [2.05, 4.69) is 85.4 Å². The van der Waals surface area contributed by atoms with Crippen molar-refractivity contribution in [1.29, 1.82) is 0 Å². The Morgan fingerprint density at radius 3 is 2.29 bits per heavy atom. The topological polar surface area (TPSA) is 0 Å². The molecule has 0 heteroatoms. The van der Waals surface area contributed by atoms with E-state index in [9.17, 15) is 0 Å². The van der Waals surface area contributed by atoms with Crippen LogP contribution in [0, 0.1) is 0 Å². The Balaban J connectivity index is 3.13. The van der Waals surface area contributed by atoms with E-state index in [1.807, 2.05) is 0 Å². The zero-order valence-electron chi connectivity index (χ0n) is 14.8. The Morgan fingerprint density at radius 1 is 1.14 bits per heavy atom. The van der Waals surface area contributed by atoms with Crippen LogP contribution in [0.3, 0.4) is 0 Å². The van der Waals surface area contributed by atoms with Gasteiger partial charge in [0.25, 0.3) is 0 Å². The van der Waals surface area contributed by atoms with E-state index in [-0.39, 0.29) is 5.41 Å². The maximum atomic E-state index is 4.26. The largest absolute Gasteiger partial charge is 0.0911 e. The summed E-state index contributed by atoms with van der Waals surface area (Å²) in [6.45, 7) is 19.7. The maximum Gasteiger partial charge on any atom is -0.0106 e. The molecule has 0 bridgehead atoms. The molecule has 0 amide bonds. The molecule has 0 unspecified atom stereocenters. The summed E-state index contributed by atoms with van der Waals surface area (Å²) in [6.07, 6.45) is 3.33. The average molecular weight is 282 g/mol. The predicted molar refractivity (Wildman–Crippen MR) is 96.6 cm³/mol. The molecule has 0 aromatic heterocycles. The zero-order chi connectivity index (χ0) is 16.2. The Labute approximate surface area is 131 Å². The Bertz CT molecular complexity index is 576. The zero-order valence-corrected chi connectivity index (χ0v) is 14.8. The highest BCUT2D eigenvalue weighted by atomic mass is 14.2. The molecular weight excluding hydrogens is 252 g/mol. The molecule has 0 fully saturated rings. The third kappa shape index (κ3) is 4.46. The summed E-state index contributed by atoms with van der Waals surface area (Å²) in [7, 11) is 0. The lowest BCUT2D eigenvalue weighted by Crippen LogP contribution is -2.15. The fourth-order valence-electron chi connectivity index (χ4n) is 2.19. The van der Waals surface area contributed by atoms with Crippen LogP contribution in [0.5, 0.6) is 0 Å². The molecule has 0 heterocycles. The van der Waals surface area contributed by atoms with Gasteiger partial charge in [0.15, 0.2) is 0 Å². The third-order valence-electron chi connectivity index (χ3n) is 4.63. The SMILES string of the molecule is C=C(/C=C(/C)C(C)=C(C)C)c1cccc(C(C)(C)CC)c1. The van der Waals surface area contributed by atoms with Crippen LogP contribution in [-0.4, -0.2) is 0 Å². The molecule has 0 saturated heterocycles. The van der Waals surface area contributed by atoms with E-state index in [1.165, 1.54) is 27.8 Å². The Morgan fingerprint density at radius 2 is 1.76 bits per heavy atom. The van der Waals surface area contributed by atoms with Crippen LogP contribution >= 0.6 is 0 Å². The molecule has 1 aromatic rings. The molecule has 0 N–H and O–H groups in total. The lowest BCUT2D eigenvalue weighted by atomic mass is 9.81. The molecule has 1 rings (SSSR count). The van der Waals surface area contributed by atoms with Crippen molar-refractivity contribution in [1.82, 2.24) is 0 Å². The van der Waals surface area contributed by atoms with E-state index < -0.39 is 0 Å². The van der Waals surface area contributed by atoms with Crippen molar-refractivity contribution < 1.29 is 0 Å². The van der Waals surface area contributed by atoms with Crippen LogP contribution in [0.2, 0.25) is 0 Å². The minimum Gasteiger partial charge on any atom is -0.0911 e. The standard InChI is InChI=1S/C21H30/c1-9-21(7,8)20-12-10-11-19(14-20)17(5)13-16(4)18(6)15(2)3/h10-14H,5,9H2,1-4,6-8H3/b16-13-. The lowest BCUT2D eigenvalue weighted by molar-refractivity contribution is 0.506. The number of hydrogen-bond donors (Lipinski definition) is 0. The van der Waals surface area contributed by atoms with Gasteiger partial charge >= 0.3 is 0 Å². The van der Waals surface area contributed by atoms with Gasteiger partial charge < -0.3 is 0 Å². The van der Waals surface area contributed by atoms with Crippen LogP contribution in [0.4, 0.5) is 0 Å². The smallest absolute Gasteiger partial charge is 0.0106 e. The van der Waals surface area contributed by atoms with Crippen LogP contribution in [0.15, 0.2) is 53.6 Å². The summed E-state index contributed by atoms with van der Waals surface area (Å²) in [4.78, 5) is 0. The van der Waals surface area contributed by atoms with Gasteiger partial charge in [-0.05, 0) is 67.4 Å². The molecule has 0 radical (unpaired) electrons. The molecule has 0 nitrogen and oxygen atoms in total.